The topological polar surface area (TPSA) is 126 Å². The maximum absolute atomic E-state index is 12.3. The van der Waals surface area contributed by atoms with E-state index in [1.165, 1.54) is 4.57 Å². The normalized spacial score (nSPS) is 16.6. The van der Waals surface area contributed by atoms with Crippen molar-refractivity contribution in [1.82, 2.24) is 9.55 Å². The van der Waals surface area contributed by atoms with Gasteiger partial charge in [0.05, 0.1) is 16.6 Å². The number of ether oxygens (including phenoxy) is 1. The second-order valence-corrected chi connectivity index (χ2v) is 8.59. The van der Waals surface area contributed by atoms with Crippen LogP contribution < -0.4 is 11.4 Å². The van der Waals surface area contributed by atoms with E-state index in [4.69, 9.17) is 15.0 Å². The summed E-state index contributed by atoms with van der Waals surface area (Å²) in [6, 6.07) is 0. The molecule has 1 rings (SSSR count). The summed E-state index contributed by atoms with van der Waals surface area (Å²) >= 11 is 2.01. The molecule has 9 nitrogen and oxygen atoms in total. The quantitative estimate of drug-likeness (QED) is 0.292. The number of nitrogen functional groups attached to an aromatic ring is 1. The summed E-state index contributed by atoms with van der Waals surface area (Å²) in [7, 11) is -3.04. The number of hydrogen-bond acceptors (Lipinski definition) is 7. The largest absolute Gasteiger partial charge is 0.471 e. The Labute approximate surface area is 160 Å². The first-order valence-corrected chi connectivity index (χ1v) is 10.6. The van der Waals surface area contributed by atoms with E-state index in [0.29, 0.717) is 5.56 Å². The minimum absolute atomic E-state index is 0.0876. The molecule has 1 heterocycles. The van der Waals surface area contributed by atoms with Crippen molar-refractivity contribution < 1.29 is 23.2 Å². The molecule has 25 heavy (non-hydrogen) atoms. The molecule has 0 fully saturated rings. The second kappa shape index (κ2) is 9.98. The predicted octanol–water partition coefficient (Wildman–Crippen LogP) is 2.40. The third kappa shape index (κ3) is 6.61. The average Bonchev–Trinajstić information content (AvgIpc) is 2.58. The van der Waals surface area contributed by atoms with E-state index < -0.39 is 23.7 Å². The number of anilines is 1. The van der Waals surface area contributed by atoms with Gasteiger partial charge < -0.3 is 15.4 Å². The lowest BCUT2D eigenvalue weighted by Gasteiger charge is -2.29. The van der Waals surface area contributed by atoms with Crippen LogP contribution in [0.4, 0.5) is 5.82 Å². The van der Waals surface area contributed by atoms with Crippen molar-refractivity contribution in [2.45, 2.75) is 49.9 Å². The minimum atomic E-state index is -4.12. The number of nitrogens with zero attached hydrogens (tertiary/aromatic N) is 2. The Morgan fingerprint density at radius 3 is 2.56 bits per heavy atom. The summed E-state index contributed by atoms with van der Waals surface area (Å²) in [6.45, 7) is 5.54. The van der Waals surface area contributed by atoms with Crippen LogP contribution in [0.5, 0.6) is 0 Å². The molecule has 1 unspecified atom stereocenters. The summed E-state index contributed by atoms with van der Waals surface area (Å²) < 4.78 is 27.8. The lowest BCUT2D eigenvalue weighted by atomic mass is 10.2. The molecule has 144 valence electrons. The van der Waals surface area contributed by atoms with E-state index in [9.17, 15) is 14.3 Å². The van der Waals surface area contributed by atoms with E-state index in [0.717, 1.165) is 20.0 Å². The molecule has 0 aliphatic carbocycles. The third-order valence-electron chi connectivity index (χ3n) is 3.63. The van der Waals surface area contributed by atoms with Crippen molar-refractivity contribution in [3.8, 4) is 0 Å². The fourth-order valence-corrected chi connectivity index (χ4v) is 3.50. The number of aromatic nitrogens is 2. The number of hydrogen-bond donors (Lipinski definition) is 2. The van der Waals surface area contributed by atoms with Crippen LogP contribution in [-0.2, 0) is 18.3 Å². The number of alkyl halides is 1. The van der Waals surface area contributed by atoms with Gasteiger partial charge in [-0.25, -0.2) is 9.36 Å². The molecule has 11 heteroatoms. The lowest BCUT2D eigenvalue weighted by Crippen LogP contribution is -2.37. The summed E-state index contributed by atoms with van der Waals surface area (Å²) in [5, 5.41) is 0. The van der Waals surface area contributed by atoms with Crippen molar-refractivity contribution in [3.63, 3.8) is 0 Å². The minimum Gasteiger partial charge on any atom is -0.383 e. The summed E-state index contributed by atoms with van der Waals surface area (Å²) in [5.74, 6) is 0.156. The fraction of sp³-hybridized carbons (Fsp3) is 0.714. The standard InChI is InChI=1S/C14H25IN3O6P/c1-5-10(6-2)24-13(11(15)8-23-25(20,21)22-4)18-7-9(3)12(16)17-14(18)19/h7,10-11,13H,5-6,8H2,1-4H3,(H,20,21)(H2,16,17,19)/t11-,13+/m0/s1. The van der Waals surface area contributed by atoms with Gasteiger partial charge in [0.15, 0.2) is 6.23 Å². The molecule has 1 aromatic rings. The molecule has 0 saturated heterocycles. The highest BCUT2D eigenvalue weighted by molar-refractivity contribution is 14.1. The van der Waals surface area contributed by atoms with Gasteiger partial charge >= 0.3 is 13.5 Å². The fourth-order valence-electron chi connectivity index (χ4n) is 2.07. The highest BCUT2D eigenvalue weighted by atomic mass is 127. The number of nitrogens with two attached hydrogens (primary N) is 1. The van der Waals surface area contributed by atoms with Crippen molar-refractivity contribution in [1.29, 1.82) is 0 Å². The molecule has 0 radical (unpaired) electrons. The molecule has 0 spiro atoms. The van der Waals surface area contributed by atoms with Gasteiger partial charge in [0, 0.05) is 18.9 Å². The third-order valence-corrected chi connectivity index (χ3v) is 5.54. The van der Waals surface area contributed by atoms with Gasteiger partial charge in [-0.2, -0.15) is 4.98 Å². The van der Waals surface area contributed by atoms with Crippen LogP contribution in [0.15, 0.2) is 11.0 Å². The molecule has 0 saturated carbocycles. The van der Waals surface area contributed by atoms with Crippen LogP contribution in [0, 0.1) is 6.92 Å². The zero-order chi connectivity index (χ0) is 19.2. The van der Waals surface area contributed by atoms with Gasteiger partial charge in [-0.1, -0.05) is 36.4 Å². The Hall–Kier alpha value is -0.520. The van der Waals surface area contributed by atoms with Crippen molar-refractivity contribution >= 4 is 36.2 Å². The zero-order valence-electron chi connectivity index (χ0n) is 14.7. The number of phosphoric acid groups is 1. The molecule has 3 atom stereocenters. The van der Waals surface area contributed by atoms with Gasteiger partial charge in [-0.15, -0.1) is 0 Å². The lowest BCUT2D eigenvalue weighted by molar-refractivity contribution is -0.0625. The van der Waals surface area contributed by atoms with Crippen LogP contribution in [0.1, 0.15) is 38.5 Å². The van der Waals surface area contributed by atoms with E-state index in [-0.39, 0.29) is 18.5 Å². The SMILES string of the molecule is CCC(CC)O[C@H]([C@@H](I)COP(=O)(O)OC)n1cc(C)c(N)nc1=O. The summed E-state index contributed by atoms with van der Waals surface area (Å²) in [6.07, 6.45) is 2.25. The highest BCUT2D eigenvalue weighted by Crippen LogP contribution is 2.43. The van der Waals surface area contributed by atoms with Crippen molar-refractivity contribution in [2.75, 3.05) is 19.5 Å². The molecule has 0 bridgehead atoms. The summed E-state index contributed by atoms with van der Waals surface area (Å²) in [5.41, 5.74) is 5.75. The van der Waals surface area contributed by atoms with Gasteiger partial charge in [-0.3, -0.25) is 13.6 Å². The van der Waals surface area contributed by atoms with E-state index in [1.54, 1.807) is 13.1 Å². The van der Waals surface area contributed by atoms with Gasteiger partial charge in [0.2, 0.25) is 0 Å². The Morgan fingerprint density at radius 2 is 2.04 bits per heavy atom. The first-order valence-electron chi connectivity index (χ1n) is 7.83. The van der Waals surface area contributed by atoms with Crippen LogP contribution in [-0.4, -0.2) is 38.2 Å². The predicted molar refractivity (Wildman–Crippen MR) is 103 cm³/mol. The molecule has 0 amide bonds. The Morgan fingerprint density at radius 1 is 1.44 bits per heavy atom. The first kappa shape index (κ1) is 22.5. The number of aryl methyl sites for hydroxylation is 1. The zero-order valence-corrected chi connectivity index (χ0v) is 17.8. The maximum Gasteiger partial charge on any atom is 0.471 e. The Balaban J connectivity index is 3.14. The molecule has 0 aromatic carbocycles. The molecule has 1 aromatic heterocycles. The number of halogens is 1. The van der Waals surface area contributed by atoms with Crippen molar-refractivity contribution in [3.05, 3.63) is 22.2 Å². The van der Waals surface area contributed by atoms with Gasteiger partial charge in [0.25, 0.3) is 0 Å². The smallest absolute Gasteiger partial charge is 0.383 e. The maximum atomic E-state index is 12.3. The molecule has 0 aliphatic heterocycles. The average molecular weight is 489 g/mol. The van der Waals surface area contributed by atoms with Crippen LogP contribution in [0.25, 0.3) is 0 Å². The first-order chi connectivity index (χ1) is 11.6. The van der Waals surface area contributed by atoms with Gasteiger partial charge in [-0.05, 0) is 19.8 Å². The molecule has 3 N–H and O–H groups in total. The molecular formula is C14H25IN3O6P. The van der Waals surface area contributed by atoms with E-state index >= 15 is 0 Å². The Kier molecular flexibility index (Phi) is 8.99. The van der Waals surface area contributed by atoms with Crippen molar-refractivity contribution in [2.24, 2.45) is 0 Å². The Bertz CT molecular complexity index is 666. The van der Waals surface area contributed by atoms with Crippen LogP contribution >= 0.6 is 30.4 Å². The van der Waals surface area contributed by atoms with Crippen LogP contribution in [0.2, 0.25) is 0 Å². The van der Waals surface area contributed by atoms with E-state index in [1.807, 2.05) is 36.4 Å². The monoisotopic (exact) mass is 489 g/mol. The number of phosphoric ester groups is 1. The highest BCUT2D eigenvalue weighted by Gasteiger charge is 2.29. The summed E-state index contributed by atoms with van der Waals surface area (Å²) in [4.78, 5) is 25.5. The van der Waals surface area contributed by atoms with Gasteiger partial charge in [0.1, 0.15) is 5.82 Å². The van der Waals surface area contributed by atoms with Crippen LogP contribution in [0.3, 0.4) is 0 Å². The molecular weight excluding hydrogens is 464 g/mol. The van der Waals surface area contributed by atoms with E-state index in [2.05, 4.69) is 9.51 Å². The second-order valence-electron chi connectivity index (χ2n) is 5.43. The number of rotatable bonds is 10. The molecule has 0 aliphatic rings.